The van der Waals surface area contributed by atoms with Crippen molar-refractivity contribution in [3.05, 3.63) is 0 Å². The van der Waals surface area contributed by atoms with Gasteiger partial charge in [-0.15, -0.1) is 0 Å². The van der Waals surface area contributed by atoms with Crippen molar-refractivity contribution in [3.8, 4) is 0 Å². The standard InChI is InChI=1S/C22H35BrO11/c1-6-7-8-9-18(28-11-10-23)34-22-21(32-16(5)27)20(31-15(4)26)19(30-14(3)25)17(33-22)12-29-13(2)24/h17-22H,6-12H2,1-5H3/t17-,18-,19-,20+,21-,22+/m1/s1. The Bertz CT molecular complexity index is 671. The minimum Gasteiger partial charge on any atom is -0.463 e. The molecule has 0 saturated carbocycles. The zero-order valence-corrected chi connectivity index (χ0v) is 21.9. The summed E-state index contributed by atoms with van der Waals surface area (Å²) in [5, 5.41) is 0.569. The monoisotopic (exact) mass is 554 g/mol. The third kappa shape index (κ3) is 11.1. The molecule has 12 heteroatoms. The second kappa shape index (κ2) is 16.0. The summed E-state index contributed by atoms with van der Waals surface area (Å²) >= 11 is 3.31. The summed E-state index contributed by atoms with van der Waals surface area (Å²) in [5.74, 6) is -2.69. The van der Waals surface area contributed by atoms with E-state index in [1.807, 2.05) is 0 Å². The molecule has 1 saturated heterocycles. The van der Waals surface area contributed by atoms with Crippen LogP contribution in [0.15, 0.2) is 0 Å². The van der Waals surface area contributed by atoms with Gasteiger partial charge in [-0.05, 0) is 12.8 Å². The average Bonchev–Trinajstić information content (AvgIpc) is 2.73. The number of hydrogen-bond donors (Lipinski definition) is 0. The molecule has 0 spiro atoms. The molecule has 196 valence electrons. The lowest BCUT2D eigenvalue weighted by Gasteiger charge is -2.44. The third-order valence-corrected chi connectivity index (χ3v) is 4.98. The van der Waals surface area contributed by atoms with Crippen molar-refractivity contribution >= 4 is 39.8 Å². The molecular weight excluding hydrogens is 520 g/mol. The van der Waals surface area contributed by atoms with Crippen LogP contribution in [0.25, 0.3) is 0 Å². The molecule has 0 aromatic carbocycles. The Morgan fingerprint density at radius 2 is 1.44 bits per heavy atom. The quantitative estimate of drug-likeness (QED) is 0.103. The number of esters is 4. The predicted octanol–water partition coefficient (Wildman–Crippen LogP) is 2.40. The maximum atomic E-state index is 11.9. The molecule has 0 aliphatic carbocycles. The van der Waals surface area contributed by atoms with Crippen LogP contribution in [0.5, 0.6) is 0 Å². The number of rotatable bonds is 14. The van der Waals surface area contributed by atoms with Gasteiger partial charge in [0.25, 0.3) is 0 Å². The van der Waals surface area contributed by atoms with Crippen molar-refractivity contribution in [2.45, 2.75) is 97.3 Å². The zero-order valence-electron chi connectivity index (χ0n) is 20.3. The van der Waals surface area contributed by atoms with E-state index in [1.54, 1.807) is 0 Å². The van der Waals surface area contributed by atoms with Gasteiger partial charge < -0.3 is 33.2 Å². The van der Waals surface area contributed by atoms with E-state index in [4.69, 9.17) is 33.2 Å². The first-order valence-corrected chi connectivity index (χ1v) is 12.3. The molecule has 1 fully saturated rings. The van der Waals surface area contributed by atoms with E-state index in [1.165, 1.54) is 13.8 Å². The summed E-state index contributed by atoms with van der Waals surface area (Å²) in [6.45, 7) is 6.80. The van der Waals surface area contributed by atoms with Crippen molar-refractivity contribution in [2.24, 2.45) is 0 Å². The topological polar surface area (TPSA) is 133 Å². The number of alkyl halides is 1. The molecule has 34 heavy (non-hydrogen) atoms. The number of hydrogen-bond acceptors (Lipinski definition) is 11. The fourth-order valence-corrected chi connectivity index (χ4v) is 3.56. The predicted molar refractivity (Wildman–Crippen MR) is 121 cm³/mol. The molecule has 0 radical (unpaired) electrons. The highest BCUT2D eigenvalue weighted by molar-refractivity contribution is 9.09. The van der Waals surface area contributed by atoms with E-state index in [2.05, 4.69) is 22.9 Å². The van der Waals surface area contributed by atoms with Crippen LogP contribution in [0.3, 0.4) is 0 Å². The lowest BCUT2D eigenvalue weighted by molar-refractivity contribution is -0.340. The fourth-order valence-electron chi connectivity index (χ4n) is 3.38. The van der Waals surface area contributed by atoms with Gasteiger partial charge in [-0.25, -0.2) is 0 Å². The maximum absolute atomic E-state index is 11.9. The molecule has 0 bridgehead atoms. The first kappa shape index (κ1) is 30.3. The fraction of sp³-hybridized carbons (Fsp3) is 0.818. The van der Waals surface area contributed by atoms with Gasteiger partial charge in [0.15, 0.2) is 24.6 Å². The van der Waals surface area contributed by atoms with Crippen molar-refractivity contribution in [2.75, 3.05) is 18.5 Å². The molecule has 0 aromatic rings. The van der Waals surface area contributed by atoms with Gasteiger partial charge >= 0.3 is 23.9 Å². The molecule has 1 heterocycles. The van der Waals surface area contributed by atoms with Crippen LogP contribution in [-0.4, -0.2) is 79.4 Å². The molecule has 1 aliphatic heterocycles. The van der Waals surface area contributed by atoms with E-state index in [-0.39, 0.29) is 6.61 Å². The molecule has 1 rings (SSSR count). The Balaban J connectivity index is 3.30. The largest absolute Gasteiger partial charge is 0.463 e. The van der Waals surface area contributed by atoms with Crippen molar-refractivity contribution in [3.63, 3.8) is 0 Å². The second-order valence-corrected chi connectivity index (χ2v) is 8.48. The summed E-state index contributed by atoms with van der Waals surface area (Å²) in [6.07, 6.45) is -3.54. The molecule has 0 aromatic heterocycles. The molecule has 1 aliphatic rings. The molecule has 0 unspecified atom stereocenters. The SMILES string of the molecule is CCCCC[C@H](OCCBr)O[C@@H]1O[C@H](COC(C)=O)[C@@H](OC(C)=O)[C@H](OC(C)=O)[C@H]1OC(C)=O. The smallest absolute Gasteiger partial charge is 0.303 e. The maximum Gasteiger partial charge on any atom is 0.303 e. The van der Waals surface area contributed by atoms with Gasteiger partial charge in [0, 0.05) is 33.0 Å². The molecule has 6 atom stereocenters. The Morgan fingerprint density at radius 1 is 0.853 bits per heavy atom. The first-order chi connectivity index (χ1) is 16.1. The molecule has 0 amide bonds. The number of halogens is 1. The van der Waals surface area contributed by atoms with E-state index < -0.39 is 60.9 Å². The minimum absolute atomic E-state index is 0.319. The van der Waals surface area contributed by atoms with Gasteiger partial charge in [0.1, 0.15) is 12.7 Å². The summed E-state index contributed by atoms with van der Waals surface area (Å²) < 4.78 is 39.0. The third-order valence-electron chi connectivity index (χ3n) is 4.66. The Kier molecular flexibility index (Phi) is 14.3. The Morgan fingerprint density at radius 3 is 1.97 bits per heavy atom. The van der Waals surface area contributed by atoms with Crippen LogP contribution >= 0.6 is 15.9 Å². The number of unbranched alkanes of at least 4 members (excludes halogenated alkanes) is 2. The first-order valence-electron chi connectivity index (χ1n) is 11.2. The van der Waals surface area contributed by atoms with Crippen molar-refractivity contribution in [1.29, 1.82) is 0 Å². The van der Waals surface area contributed by atoms with Crippen LogP contribution in [0.2, 0.25) is 0 Å². The van der Waals surface area contributed by atoms with Crippen LogP contribution in [0, 0.1) is 0 Å². The highest BCUT2D eigenvalue weighted by Crippen LogP contribution is 2.31. The lowest BCUT2D eigenvalue weighted by Crippen LogP contribution is -2.63. The number of carbonyl (C=O) groups excluding carboxylic acids is 4. The van der Waals surface area contributed by atoms with Gasteiger partial charge in [-0.1, -0.05) is 35.7 Å². The Labute approximate surface area is 208 Å². The van der Waals surface area contributed by atoms with Gasteiger partial charge in [0.05, 0.1) is 6.61 Å². The highest BCUT2D eigenvalue weighted by Gasteiger charge is 2.53. The van der Waals surface area contributed by atoms with Crippen LogP contribution in [0.1, 0.15) is 60.3 Å². The number of ether oxygens (including phenoxy) is 7. The Hall–Kier alpha value is -1.76. The lowest BCUT2D eigenvalue weighted by atomic mass is 9.98. The number of carbonyl (C=O) groups is 4. The van der Waals surface area contributed by atoms with Gasteiger partial charge in [-0.2, -0.15) is 0 Å². The zero-order chi connectivity index (χ0) is 25.7. The van der Waals surface area contributed by atoms with E-state index in [9.17, 15) is 19.2 Å². The van der Waals surface area contributed by atoms with E-state index >= 15 is 0 Å². The van der Waals surface area contributed by atoms with E-state index in [0.717, 1.165) is 33.1 Å². The molecule has 11 nitrogen and oxygen atoms in total. The van der Waals surface area contributed by atoms with Crippen LogP contribution in [0.4, 0.5) is 0 Å². The summed E-state index contributed by atoms with van der Waals surface area (Å²) in [7, 11) is 0. The summed E-state index contributed by atoms with van der Waals surface area (Å²) in [6, 6.07) is 0. The average molecular weight is 555 g/mol. The van der Waals surface area contributed by atoms with Crippen LogP contribution in [-0.2, 0) is 52.3 Å². The van der Waals surface area contributed by atoms with Crippen molar-refractivity contribution in [1.82, 2.24) is 0 Å². The summed E-state index contributed by atoms with van der Waals surface area (Å²) in [5.41, 5.74) is 0. The minimum atomic E-state index is -1.28. The van der Waals surface area contributed by atoms with Crippen molar-refractivity contribution < 1.29 is 52.3 Å². The van der Waals surface area contributed by atoms with Gasteiger partial charge in [0.2, 0.25) is 6.29 Å². The highest BCUT2D eigenvalue weighted by atomic mass is 79.9. The normalized spacial score (nSPS) is 25.2. The van der Waals surface area contributed by atoms with Crippen LogP contribution < -0.4 is 0 Å². The van der Waals surface area contributed by atoms with E-state index in [0.29, 0.717) is 18.4 Å². The summed E-state index contributed by atoms with van der Waals surface area (Å²) in [4.78, 5) is 47.0. The van der Waals surface area contributed by atoms with Gasteiger partial charge in [-0.3, -0.25) is 19.2 Å². The molecule has 0 N–H and O–H groups in total. The second-order valence-electron chi connectivity index (χ2n) is 7.69. The molecular formula is C22H35BrO11.